The van der Waals surface area contributed by atoms with Crippen LogP contribution >= 0.6 is 11.3 Å². The molecule has 1 fully saturated rings. The molecular weight excluding hydrogens is 202 g/mol. The largest absolute Gasteiger partial charge is 0.312 e. The van der Waals surface area contributed by atoms with Crippen LogP contribution in [0.25, 0.3) is 0 Å². The van der Waals surface area contributed by atoms with Gasteiger partial charge in [0.15, 0.2) is 0 Å². The van der Waals surface area contributed by atoms with Crippen LogP contribution in [0, 0.1) is 5.41 Å². The lowest BCUT2D eigenvalue weighted by Crippen LogP contribution is -2.33. The quantitative estimate of drug-likeness (QED) is 0.818. The lowest BCUT2D eigenvalue weighted by Gasteiger charge is -2.33. The predicted molar refractivity (Wildman–Crippen MR) is 67.2 cm³/mol. The van der Waals surface area contributed by atoms with Crippen LogP contribution < -0.4 is 5.32 Å². The Hall–Kier alpha value is -0.340. The summed E-state index contributed by atoms with van der Waals surface area (Å²) in [6, 6.07) is 2.21. The first-order chi connectivity index (χ1) is 7.29. The Balaban J connectivity index is 1.72. The molecule has 1 saturated carbocycles. The van der Waals surface area contributed by atoms with Gasteiger partial charge >= 0.3 is 0 Å². The highest BCUT2D eigenvalue weighted by Gasteiger charge is 2.25. The molecule has 84 valence electrons. The molecule has 1 N–H and O–H groups in total. The van der Waals surface area contributed by atoms with Crippen molar-refractivity contribution in [2.45, 2.75) is 45.6 Å². The van der Waals surface area contributed by atoms with Crippen LogP contribution in [0.2, 0.25) is 0 Å². The van der Waals surface area contributed by atoms with Crippen LogP contribution in [0.15, 0.2) is 16.8 Å². The summed E-state index contributed by atoms with van der Waals surface area (Å²) in [5, 5.41) is 7.99. The standard InChI is InChI=1S/C13H21NS/c1-13(6-3-2-4-7-13)11-14-9-12-5-8-15-10-12/h5,8,10,14H,2-4,6-7,9,11H2,1H3. The fourth-order valence-corrected chi connectivity index (χ4v) is 3.15. The second kappa shape index (κ2) is 5.13. The third kappa shape index (κ3) is 3.32. The summed E-state index contributed by atoms with van der Waals surface area (Å²) in [5.41, 5.74) is 1.99. The van der Waals surface area contributed by atoms with E-state index in [4.69, 9.17) is 0 Å². The normalized spacial score (nSPS) is 20.3. The van der Waals surface area contributed by atoms with Crippen LogP contribution in [0.5, 0.6) is 0 Å². The molecule has 15 heavy (non-hydrogen) atoms. The maximum absolute atomic E-state index is 3.60. The molecule has 0 radical (unpaired) electrons. The van der Waals surface area contributed by atoms with Crippen molar-refractivity contribution in [3.8, 4) is 0 Å². The maximum atomic E-state index is 3.60. The summed E-state index contributed by atoms with van der Waals surface area (Å²) in [5.74, 6) is 0. The van der Waals surface area contributed by atoms with E-state index in [-0.39, 0.29) is 0 Å². The second-order valence-electron chi connectivity index (χ2n) is 5.11. The summed E-state index contributed by atoms with van der Waals surface area (Å²) in [4.78, 5) is 0. The highest BCUT2D eigenvalue weighted by Crippen LogP contribution is 2.34. The smallest absolute Gasteiger partial charge is 0.0213 e. The van der Waals surface area contributed by atoms with Gasteiger partial charge in [-0.15, -0.1) is 0 Å². The van der Waals surface area contributed by atoms with Gasteiger partial charge in [-0.2, -0.15) is 11.3 Å². The molecule has 1 aromatic rings. The molecule has 2 heteroatoms. The van der Waals surface area contributed by atoms with Crippen molar-refractivity contribution in [3.63, 3.8) is 0 Å². The van der Waals surface area contributed by atoms with Crippen molar-refractivity contribution in [1.29, 1.82) is 0 Å². The van der Waals surface area contributed by atoms with E-state index in [1.165, 1.54) is 44.2 Å². The number of hydrogen-bond acceptors (Lipinski definition) is 2. The number of hydrogen-bond donors (Lipinski definition) is 1. The lowest BCUT2D eigenvalue weighted by atomic mass is 9.76. The van der Waals surface area contributed by atoms with Crippen LogP contribution in [-0.4, -0.2) is 6.54 Å². The van der Waals surface area contributed by atoms with Crippen molar-refractivity contribution in [2.75, 3.05) is 6.54 Å². The third-order valence-electron chi connectivity index (χ3n) is 3.52. The van der Waals surface area contributed by atoms with Crippen molar-refractivity contribution >= 4 is 11.3 Å². The van der Waals surface area contributed by atoms with Crippen LogP contribution in [-0.2, 0) is 6.54 Å². The SMILES string of the molecule is CC1(CNCc2ccsc2)CCCCC1. The average Bonchev–Trinajstić information content (AvgIpc) is 2.71. The van der Waals surface area contributed by atoms with Gasteiger partial charge in [0.05, 0.1) is 0 Å². The summed E-state index contributed by atoms with van der Waals surface area (Å²) in [7, 11) is 0. The van der Waals surface area contributed by atoms with Gasteiger partial charge in [0, 0.05) is 13.1 Å². The third-order valence-corrected chi connectivity index (χ3v) is 4.25. The topological polar surface area (TPSA) is 12.0 Å². The summed E-state index contributed by atoms with van der Waals surface area (Å²) >= 11 is 1.78. The van der Waals surface area contributed by atoms with Gasteiger partial charge in [-0.05, 0) is 40.6 Å². The molecule has 1 nitrogen and oxygen atoms in total. The Bertz CT molecular complexity index is 273. The van der Waals surface area contributed by atoms with Crippen LogP contribution in [0.3, 0.4) is 0 Å². The summed E-state index contributed by atoms with van der Waals surface area (Å²) < 4.78 is 0. The Morgan fingerprint density at radius 3 is 2.80 bits per heavy atom. The molecule has 0 aliphatic heterocycles. The highest BCUT2D eigenvalue weighted by atomic mass is 32.1. The van der Waals surface area contributed by atoms with Gasteiger partial charge in [-0.3, -0.25) is 0 Å². The van der Waals surface area contributed by atoms with Crippen molar-refractivity contribution in [3.05, 3.63) is 22.4 Å². The van der Waals surface area contributed by atoms with Crippen LogP contribution in [0.4, 0.5) is 0 Å². The van der Waals surface area contributed by atoms with Gasteiger partial charge in [-0.25, -0.2) is 0 Å². The number of rotatable bonds is 4. The van der Waals surface area contributed by atoms with Crippen molar-refractivity contribution < 1.29 is 0 Å². The van der Waals surface area contributed by atoms with E-state index < -0.39 is 0 Å². The van der Waals surface area contributed by atoms with Gasteiger partial charge in [0.2, 0.25) is 0 Å². The molecule has 0 bridgehead atoms. The Morgan fingerprint density at radius 2 is 2.13 bits per heavy atom. The van der Waals surface area contributed by atoms with Crippen LogP contribution in [0.1, 0.15) is 44.6 Å². The lowest BCUT2D eigenvalue weighted by molar-refractivity contribution is 0.207. The van der Waals surface area contributed by atoms with Crippen molar-refractivity contribution in [1.82, 2.24) is 5.32 Å². The zero-order valence-electron chi connectivity index (χ0n) is 9.59. The highest BCUT2D eigenvalue weighted by molar-refractivity contribution is 7.07. The molecule has 1 aliphatic rings. The first-order valence-electron chi connectivity index (χ1n) is 6.00. The molecule has 1 aliphatic carbocycles. The Labute approximate surface area is 96.9 Å². The van der Waals surface area contributed by atoms with Gasteiger partial charge in [-0.1, -0.05) is 26.2 Å². The monoisotopic (exact) mass is 223 g/mol. The Kier molecular flexibility index (Phi) is 3.81. The first-order valence-corrected chi connectivity index (χ1v) is 6.95. The number of thiophene rings is 1. The zero-order valence-corrected chi connectivity index (χ0v) is 10.4. The molecule has 1 aromatic heterocycles. The van der Waals surface area contributed by atoms with Gasteiger partial charge in [0.1, 0.15) is 0 Å². The fraction of sp³-hybridized carbons (Fsp3) is 0.692. The fourth-order valence-electron chi connectivity index (χ4n) is 2.48. The van der Waals surface area contributed by atoms with E-state index >= 15 is 0 Å². The van der Waals surface area contributed by atoms with E-state index in [9.17, 15) is 0 Å². The Morgan fingerprint density at radius 1 is 1.33 bits per heavy atom. The minimum absolute atomic E-state index is 0.564. The molecule has 0 amide bonds. The maximum Gasteiger partial charge on any atom is 0.0213 e. The minimum atomic E-state index is 0.564. The molecule has 0 spiro atoms. The van der Waals surface area contributed by atoms with E-state index in [0.29, 0.717) is 5.41 Å². The molecule has 0 atom stereocenters. The molecule has 2 rings (SSSR count). The first kappa shape index (κ1) is 11.2. The molecule has 0 aromatic carbocycles. The number of nitrogens with one attached hydrogen (secondary N) is 1. The minimum Gasteiger partial charge on any atom is -0.312 e. The average molecular weight is 223 g/mol. The van der Waals surface area contributed by atoms with E-state index in [1.54, 1.807) is 11.3 Å². The molecule has 0 saturated heterocycles. The second-order valence-corrected chi connectivity index (χ2v) is 5.89. The predicted octanol–water partition coefficient (Wildman–Crippen LogP) is 3.81. The van der Waals surface area contributed by atoms with E-state index in [2.05, 4.69) is 29.1 Å². The molecule has 0 unspecified atom stereocenters. The van der Waals surface area contributed by atoms with Gasteiger partial charge in [0.25, 0.3) is 0 Å². The summed E-state index contributed by atoms with van der Waals surface area (Å²) in [6.07, 6.45) is 7.11. The summed E-state index contributed by atoms with van der Waals surface area (Å²) in [6.45, 7) is 4.66. The zero-order chi connectivity index (χ0) is 10.6. The molecule has 1 heterocycles. The van der Waals surface area contributed by atoms with E-state index in [1.807, 2.05) is 0 Å². The molecular formula is C13H21NS. The van der Waals surface area contributed by atoms with E-state index in [0.717, 1.165) is 6.54 Å². The van der Waals surface area contributed by atoms with Crippen molar-refractivity contribution in [2.24, 2.45) is 5.41 Å². The van der Waals surface area contributed by atoms with Gasteiger partial charge < -0.3 is 5.32 Å².